The van der Waals surface area contributed by atoms with Gasteiger partial charge in [-0.15, -0.1) is 0 Å². The lowest BCUT2D eigenvalue weighted by atomic mass is 10.1. The van der Waals surface area contributed by atoms with Crippen molar-refractivity contribution in [2.75, 3.05) is 27.4 Å². The Morgan fingerprint density at radius 3 is 2.50 bits per heavy atom. The normalized spacial score (nSPS) is 11.9. The summed E-state index contributed by atoms with van der Waals surface area (Å²) in [6, 6.07) is 5.52. The smallest absolute Gasteiger partial charge is 0.356 e. The SMILES string of the molecule is CCOC(=O)c1c(C)nc(-c2cccc(OC)c2OC)n1C(C)OCC. The zero-order valence-electron chi connectivity index (χ0n) is 16.2. The van der Waals surface area contributed by atoms with Gasteiger partial charge in [0.05, 0.1) is 32.1 Å². The summed E-state index contributed by atoms with van der Waals surface area (Å²) in [6.45, 7) is 8.09. The van der Waals surface area contributed by atoms with Gasteiger partial charge in [-0.05, 0) is 39.8 Å². The molecule has 0 aliphatic heterocycles. The average Bonchev–Trinajstić information content (AvgIpc) is 2.98. The van der Waals surface area contributed by atoms with Crippen LogP contribution in [0.4, 0.5) is 0 Å². The topological polar surface area (TPSA) is 71.8 Å². The van der Waals surface area contributed by atoms with Crippen molar-refractivity contribution in [2.24, 2.45) is 0 Å². The highest BCUT2D eigenvalue weighted by Gasteiger charge is 2.28. The number of aromatic nitrogens is 2. The highest BCUT2D eigenvalue weighted by atomic mass is 16.5. The Morgan fingerprint density at radius 2 is 1.92 bits per heavy atom. The van der Waals surface area contributed by atoms with Crippen molar-refractivity contribution in [2.45, 2.75) is 33.9 Å². The Hall–Kier alpha value is -2.54. The fourth-order valence-corrected chi connectivity index (χ4v) is 2.91. The Bertz CT molecular complexity index is 770. The largest absolute Gasteiger partial charge is 0.493 e. The van der Waals surface area contributed by atoms with Gasteiger partial charge < -0.3 is 18.9 Å². The number of carbonyl (C=O) groups is 1. The van der Waals surface area contributed by atoms with Crippen LogP contribution in [0.25, 0.3) is 11.4 Å². The maximum absolute atomic E-state index is 12.5. The van der Waals surface area contributed by atoms with Crippen LogP contribution in [0.1, 0.15) is 43.2 Å². The molecule has 1 heterocycles. The maximum atomic E-state index is 12.5. The molecule has 0 amide bonds. The molecule has 0 aliphatic carbocycles. The Labute approximate surface area is 153 Å². The number of nitrogens with zero attached hydrogens (tertiary/aromatic N) is 2. The number of hydrogen-bond donors (Lipinski definition) is 0. The fraction of sp³-hybridized carbons (Fsp3) is 0.474. The third-order valence-electron chi connectivity index (χ3n) is 3.97. The second-order valence-corrected chi connectivity index (χ2v) is 5.56. The van der Waals surface area contributed by atoms with E-state index in [1.54, 1.807) is 38.7 Å². The molecule has 142 valence electrons. The third-order valence-corrected chi connectivity index (χ3v) is 3.97. The Kier molecular flexibility index (Phi) is 6.63. The number of methoxy groups -OCH3 is 2. The van der Waals surface area contributed by atoms with E-state index in [2.05, 4.69) is 4.98 Å². The van der Waals surface area contributed by atoms with Crippen molar-refractivity contribution < 1.29 is 23.7 Å². The summed E-state index contributed by atoms with van der Waals surface area (Å²) in [6.07, 6.45) is -0.411. The Morgan fingerprint density at radius 1 is 1.19 bits per heavy atom. The molecule has 0 bridgehead atoms. The lowest BCUT2D eigenvalue weighted by Gasteiger charge is -2.20. The standard InChI is InChI=1S/C19H26N2O5/c1-7-25-13(4)21-16(19(22)26-8-2)12(3)20-18(21)14-10-9-11-15(23-5)17(14)24-6/h9-11,13H,7-8H2,1-6H3. The fourth-order valence-electron chi connectivity index (χ4n) is 2.91. The molecule has 1 atom stereocenters. The number of para-hydroxylation sites is 1. The van der Waals surface area contributed by atoms with Crippen LogP contribution in [-0.4, -0.2) is 43.0 Å². The molecule has 7 nitrogen and oxygen atoms in total. The van der Waals surface area contributed by atoms with Gasteiger partial charge in [0.25, 0.3) is 0 Å². The van der Waals surface area contributed by atoms with Crippen molar-refractivity contribution in [1.29, 1.82) is 0 Å². The summed E-state index contributed by atoms with van der Waals surface area (Å²) in [5.41, 5.74) is 1.64. The lowest BCUT2D eigenvalue weighted by molar-refractivity contribution is 0.0195. The van der Waals surface area contributed by atoms with Crippen molar-refractivity contribution in [3.05, 3.63) is 29.6 Å². The highest BCUT2D eigenvalue weighted by molar-refractivity contribution is 5.90. The van der Waals surface area contributed by atoms with Crippen molar-refractivity contribution in [3.63, 3.8) is 0 Å². The van der Waals surface area contributed by atoms with Gasteiger partial charge in [0.1, 0.15) is 12.1 Å². The number of rotatable bonds is 8. The lowest BCUT2D eigenvalue weighted by Crippen LogP contribution is -2.19. The van der Waals surface area contributed by atoms with Gasteiger partial charge in [-0.3, -0.25) is 4.57 Å². The number of ether oxygens (including phenoxy) is 4. The average molecular weight is 362 g/mol. The number of imidazole rings is 1. The molecule has 0 saturated carbocycles. The van der Waals surface area contributed by atoms with Gasteiger partial charge >= 0.3 is 5.97 Å². The molecule has 0 spiro atoms. The summed E-state index contributed by atoms with van der Waals surface area (Å²) in [4.78, 5) is 17.1. The van der Waals surface area contributed by atoms with Gasteiger partial charge in [-0.1, -0.05) is 6.07 Å². The van der Waals surface area contributed by atoms with Crippen LogP contribution < -0.4 is 9.47 Å². The Balaban J connectivity index is 2.74. The molecule has 0 radical (unpaired) electrons. The van der Waals surface area contributed by atoms with Gasteiger partial charge in [0.15, 0.2) is 17.2 Å². The molecular formula is C19H26N2O5. The van der Waals surface area contributed by atoms with Gasteiger partial charge in [0, 0.05) is 6.61 Å². The second-order valence-electron chi connectivity index (χ2n) is 5.56. The molecule has 0 fully saturated rings. The minimum atomic E-state index is -0.433. The van der Waals surface area contributed by atoms with Gasteiger partial charge in [0.2, 0.25) is 0 Å². The third kappa shape index (κ3) is 3.67. The van der Waals surface area contributed by atoms with Gasteiger partial charge in [-0.25, -0.2) is 9.78 Å². The first-order valence-corrected chi connectivity index (χ1v) is 8.58. The number of aryl methyl sites for hydroxylation is 1. The zero-order chi connectivity index (χ0) is 19.3. The summed E-state index contributed by atoms with van der Waals surface area (Å²) >= 11 is 0. The van der Waals surface area contributed by atoms with Crippen LogP contribution in [0.2, 0.25) is 0 Å². The molecule has 7 heteroatoms. The van der Waals surface area contributed by atoms with E-state index < -0.39 is 12.2 Å². The minimum absolute atomic E-state index is 0.282. The van der Waals surface area contributed by atoms with E-state index in [1.807, 2.05) is 26.0 Å². The van der Waals surface area contributed by atoms with Crippen LogP contribution in [0.3, 0.4) is 0 Å². The first-order chi connectivity index (χ1) is 12.5. The van der Waals surface area contributed by atoms with E-state index in [0.29, 0.717) is 40.9 Å². The molecule has 26 heavy (non-hydrogen) atoms. The van der Waals surface area contributed by atoms with E-state index in [-0.39, 0.29) is 6.61 Å². The molecule has 2 rings (SSSR count). The van der Waals surface area contributed by atoms with E-state index >= 15 is 0 Å². The monoisotopic (exact) mass is 362 g/mol. The number of benzene rings is 1. The summed E-state index contributed by atoms with van der Waals surface area (Å²) < 4.78 is 23.6. The van der Waals surface area contributed by atoms with Crippen LogP contribution in [-0.2, 0) is 9.47 Å². The first kappa shape index (κ1) is 19.8. The second kappa shape index (κ2) is 8.71. The molecule has 1 aromatic heterocycles. The number of hydrogen-bond acceptors (Lipinski definition) is 6. The first-order valence-electron chi connectivity index (χ1n) is 8.58. The number of esters is 1. The summed E-state index contributed by atoms with van der Waals surface area (Å²) in [7, 11) is 3.14. The molecule has 1 unspecified atom stereocenters. The zero-order valence-corrected chi connectivity index (χ0v) is 16.2. The molecule has 1 aromatic carbocycles. The van der Waals surface area contributed by atoms with E-state index in [1.165, 1.54) is 0 Å². The van der Waals surface area contributed by atoms with Gasteiger partial charge in [-0.2, -0.15) is 0 Å². The predicted octanol–water partition coefficient (Wildman–Crippen LogP) is 3.61. The van der Waals surface area contributed by atoms with E-state index in [4.69, 9.17) is 18.9 Å². The maximum Gasteiger partial charge on any atom is 0.356 e. The molecule has 0 N–H and O–H groups in total. The molecular weight excluding hydrogens is 336 g/mol. The molecule has 2 aromatic rings. The molecule has 0 aliphatic rings. The van der Waals surface area contributed by atoms with Crippen LogP contribution in [0.5, 0.6) is 11.5 Å². The van der Waals surface area contributed by atoms with Crippen molar-refractivity contribution in [1.82, 2.24) is 9.55 Å². The summed E-state index contributed by atoms with van der Waals surface area (Å²) in [5.74, 6) is 1.25. The predicted molar refractivity (Wildman–Crippen MR) is 97.8 cm³/mol. The van der Waals surface area contributed by atoms with Crippen molar-refractivity contribution >= 4 is 5.97 Å². The van der Waals surface area contributed by atoms with E-state index in [0.717, 1.165) is 0 Å². The van der Waals surface area contributed by atoms with E-state index in [9.17, 15) is 4.79 Å². The van der Waals surface area contributed by atoms with Crippen LogP contribution in [0, 0.1) is 6.92 Å². The van der Waals surface area contributed by atoms with Crippen molar-refractivity contribution in [3.8, 4) is 22.9 Å². The molecule has 0 saturated heterocycles. The minimum Gasteiger partial charge on any atom is -0.493 e. The van der Waals surface area contributed by atoms with Crippen LogP contribution in [0.15, 0.2) is 18.2 Å². The quantitative estimate of drug-likeness (QED) is 0.668. The highest BCUT2D eigenvalue weighted by Crippen LogP contribution is 2.39. The van der Waals surface area contributed by atoms with Crippen LogP contribution >= 0.6 is 0 Å². The summed E-state index contributed by atoms with van der Waals surface area (Å²) in [5, 5.41) is 0. The number of carbonyl (C=O) groups excluding carboxylic acids is 1.